The van der Waals surface area contributed by atoms with Gasteiger partial charge in [0.05, 0.1) is 23.3 Å². The molecule has 24 heavy (non-hydrogen) atoms. The lowest BCUT2D eigenvalue weighted by Gasteiger charge is -2.34. The Morgan fingerprint density at radius 3 is 2.67 bits per heavy atom. The molecule has 1 aromatic carbocycles. The Balaban J connectivity index is 1.74. The summed E-state index contributed by atoms with van der Waals surface area (Å²) in [6.07, 6.45) is 4.99. The first kappa shape index (κ1) is 16.4. The van der Waals surface area contributed by atoms with Crippen molar-refractivity contribution in [3.8, 4) is 0 Å². The largest absolute Gasteiger partial charge is 0.396 e. The monoisotopic (exact) mass is 326 g/mol. The SMILES string of the molecule is Cc1cnc(C(=O)Nc2ccccc2N2CCC(CO)CC2)cn1. The molecule has 6 heteroatoms. The zero-order chi connectivity index (χ0) is 16.9. The number of benzene rings is 1. The molecule has 1 aromatic heterocycles. The molecule has 0 atom stereocenters. The van der Waals surface area contributed by atoms with Crippen LogP contribution in [0, 0.1) is 12.8 Å². The zero-order valence-corrected chi connectivity index (χ0v) is 13.8. The van der Waals surface area contributed by atoms with Crippen LogP contribution in [-0.2, 0) is 0 Å². The maximum Gasteiger partial charge on any atom is 0.275 e. The summed E-state index contributed by atoms with van der Waals surface area (Å²) in [6.45, 7) is 3.84. The highest BCUT2D eigenvalue weighted by atomic mass is 16.3. The number of para-hydroxylation sites is 2. The van der Waals surface area contributed by atoms with Crippen LogP contribution in [-0.4, -0.2) is 40.7 Å². The third kappa shape index (κ3) is 3.71. The Kier molecular flexibility index (Phi) is 5.05. The lowest BCUT2D eigenvalue weighted by Crippen LogP contribution is -2.35. The molecule has 0 spiro atoms. The van der Waals surface area contributed by atoms with Crippen molar-refractivity contribution < 1.29 is 9.90 Å². The van der Waals surface area contributed by atoms with Crippen LogP contribution in [0.4, 0.5) is 11.4 Å². The number of aliphatic hydroxyl groups excluding tert-OH is 1. The Morgan fingerprint density at radius 1 is 1.25 bits per heavy atom. The predicted octanol–water partition coefficient (Wildman–Crippen LogP) is 2.25. The van der Waals surface area contributed by atoms with Gasteiger partial charge in [-0.3, -0.25) is 9.78 Å². The number of nitrogens with zero attached hydrogens (tertiary/aromatic N) is 3. The molecule has 2 N–H and O–H groups in total. The molecule has 0 saturated carbocycles. The lowest BCUT2D eigenvalue weighted by atomic mass is 9.97. The molecule has 0 radical (unpaired) electrons. The number of piperidine rings is 1. The first-order valence-corrected chi connectivity index (χ1v) is 8.22. The standard InChI is InChI=1S/C18H22N4O2/c1-13-10-20-16(11-19-13)18(24)21-15-4-2-3-5-17(15)22-8-6-14(12-23)7-9-22/h2-5,10-11,14,23H,6-9,12H2,1H3,(H,21,24). The maximum absolute atomic E-state index is 12.4. The number of aliphatic hydroxyl groups is 1. The van der Waals surface area contributed by atoms with Crippen LogP contribution in [0.25, 0.3) is 0 Å². The number of anilines is 2. The minimum atomic E-state index is -0.264. The molecule has 0 unspecified atom stereocenters. The topological polar surface area (TPSA) is 78.4 Å². The van der Waals surface area contributed by atoms with Gasteiger partial charge in [0.15, 0.2) is 0 Å². The van der Waals surface area contributed by atoms with Gasteiger partial charge >= 0.3 is 0 Å². The molecule has 2 aromatic rings. The van der Waals surface area contributed by atoms with E-state index < -0.39 is 0 Å². The van der Waals surface area contributed by atoms with E-state index in [1.54, 1.807) is 6.20 Å². The van der Waals surface area contributed by atoms with Gasteiger partial charge in [0.2, 0.25) is 0 Å². The minimum absolute atomic E-state index is 0.248. The molecule has 3 rings (SSSR count). The van der Waals surface area contributed by atoms with Gasteiger partial charge in [-0.25, -0.2) is 4.98 Å². The summed E-state index contributed by atoms with van der Waals surface area (Å²) in [5.41, 5.74) is 2.85. The summed E-state index contributed by atoms with van der Waals surface area (Å²) in [5, 5.41) is 12.2. The van der Waals surface area contributed by atoms with Crippen molar-refractivity contribution in [3.05, 3.63) is 48.0 Å². The van der Waals surface area contributed by atoms with Gasteiger partial charge in [-0.2, -0.15) is 0 Å². The number of carbonyl (C=O) groups is 1. The number of rotatable bonds is 4. The summed E-state index contributed by atoms with van der Waals surface area (Å²) in [6, 6.07) is 7.78. The fourth-order valence-corrected chi connectivity index (χ4v) is 2.91. The first-order valence-electron chi connectivity index (χ1n) is 8.22. The fourth-order valence-electron chi connectivity index (χ4n) is 2.91. The molecule has 1 fully saturated rings. The van der Waals surface area contributed by atoms with E-state index in [-0.39, 0.29) is 12.5 Å². The second kappa shape index (κ2) is 7.40. The normalized spacial score (nSPS) is 15.3. The quantitative estimate of drug-likeness (QED) is 0.901. The molecule has 0 bridgehead atoms. The van der Waals surface area contributed by atoms with E-state index in [4.69, 9.17) is 0 Å². The highest BCUT2D eigenvalue weighted by Crippen LogP contribution is 2.29. The second-order valence-electron chi connectivity index (χ2n) is 6.13. The fraction of sp³-hybridized carbons (Fsp3) is 0.389. The molecular formula is C18H22N4O2. The van der Waals surface area contributed by atoms with Crippen molar-refractivity contribution in [2.75, 3.05) is 29.9 Å². The highest BCUT2D eigenvalue weighted by Gasteiger charge is 2.21. The molecule has 1 amide bonds. The van der Waals surface area contributed by atoms with Crippen LogP contribution in [0.1, 0.15) is 29.0 Å². The number of hydrogen-bond donors (Lipinski definition) is 2. The Hall–Kier alpha value is -2.47. The summed E-state index contributed by atoms with van der Waals surface area (Å²) >= 11 is 0. The van der Waals surface area contributed by atoms with E-state index in [0.717, 1.165) is 43.0 Å². The summed E-state index contributed by atoms with van der Waals surface area (Å²) in [7, 11) is 0. The van der Waals surface area contributed by atoms with Gasteiger partial charge in [0, 0.05) is 25.9 Å². The summed E-state index contributed by atoms with van der Waals surface area (Å²) < 4.78 is 0. The maximum atomic E-state index is 12.4. The van der Waals surface area contributed by atoms with Gasteiger partial charge in [-0.15, -0.1) is 0 Å². The smallest absolute Gasteiger partial charge is 0.275 e. The minimum Gasteiger partial charge on any atom is -0.396 e. The van der Waals surface area contributed by atoms with Crippen LogP contribution in [0.5, 0.6) is 0 Å². The van der Waals surface area contributed by atoms with Crippen LogP contribution in [0.15, 0.2) is 36.7 Å². The van der Waals surface area contributed by atoms with E-state index >= 15 is 0 Å². The first-order chi connectivity index (χ1) is 11.7. The average molecular weight is 326 g/mol. The van der Waals surface area contributed by atoms with Gasteiger partial charge < -0.3 is 15.3 Å². The summed E-state index contributed by atoms with van der Waals surface area (Å²) in [4.78, 5) is 22.9. The second-order valence-corrected chi connectivity index (χ2v) is 6.13. The van der Waals surface area contributed by atoms with Crippen molar-refractivity contribution in [3.63, 3.8) is 0 Å². The van der Waals surface area contributed by atoms with Crippen LogP contribution in [0.2, 0.25) is 0 Å². The Bertz CT molecular complexity index is 694. The highest BCUT2D eigenvalue weighted by molar-refractivity contribution is 6.04. The number of amides is 1. The van der Waals surface area contributed by atoms with Crippen molar-refractivity contribution >= 4 is 17.3 Å². The molecule has 6 nitrogen and oxygen atoms in total. The number of aryl methyl sites for hydroxylation is 1. The number of nitrogens with one attached hydrogen (secondary N) is 1. The molecule has 126 valence electrons. The van der Waals surface area contributed by atoms with Crippen LogP contribution >= 0.6 is 0 Å². The average Bonchev–Trinajstić information content (AvgIpc) is 2.63. The van der Waals surface area contributed by atoms with Gasteiger partial charge in [-0.05, 0) is 37.8 Å². The third-order valence-electron chi connectivity index (χ3n) is 4.38. The van der Waals surface area contributed by atoms with Crippen molar-refractivity contribution in [1.82, 2.24) is 9.97 Å². The van der Waals surface area contributed by atoms with E-state index in [1.165, 1.54) is 6.20 Å². The van der Waals surface area contributed by atoms with Crippen molar-refractivity contribution in [1.29, 1.82) is 0 Å². The molecule has 2 heterocycles. The lowest BCUT2D eigenvalue weighted by molar-refractivity contribution is 0.102. The van der Waals surface area contributed by atoms with E-state index in [1.807, 2.05) is 31.2 Å². The van der Waals surface area contributed by atoms with Crippen LogP contribution in [0.3, 0.4) is 0 Å². The predicted molar refractivity (Wildman–Crippen MR) is 93.2 cm³/mol. The third-order valence-corrected chi connectivity index (χ3v) is 4.38. The van der Waals surface area contributed by atoms with Crippen molar-refractivity contribution in [2.45, 2.75) is 19.8 Å². The van der Waals surface area contributed by atoms with E-state index in [2.05, 4.69) is 20.2 Å². The van der Waals surface area contributed by atoms with E-state index in [0.29, 0.717) is 11.6 Å². The Labute approximate surface area is 141 Å². The number of carbonyl (C=O) groups excluding carboxylic acids is 1. The van der Waals surface area contributed by atoms with Crippen LogP contribution < -0.4 is 10.2 Å². The number of aromatic nitrogens is 2. The van der Waals surface area contributed by atoms with Crippen molar-refractivity contribution in [2.24, 2.45) is 5.92 Å². The summed E-state index contributed by atoms with van der Waals surface area (Å²) in [5.74, 6) is 0.117. The van der Waals surface area contributed by atoms with Gasteiger partial charge in [0.1, 0.15) is 5.69 Å². The van der Waals surface area contributed by atoms with Gasteiger partial charge in [0.25, 0.3) is 5.91 Å². The molecule has 1 aliphatic heterocycles. The zero-order valence-electron chi connectivity index (χ0n) is 13.8. The van der Waals surface area contributed by atoms with Gasteiger partial charge in [-0.1, -0.05) is 12.1 Å². The molecule has 1 aliphatic rings. The molecule has 0 aliphatic carbocycles. The number of hydrogen-bond acceptors (Lipinski definition) is 5. The van der Waals surface area contributed by atoms with E-state index in [9.17, 15) is 9.90 Å². The molecular weight excluding hydrogens is 304 g/mol. The Morgan fingerprint density at radius 2 is 2.00 bits per heavy atom. The molecule has 1 saturated heterocycles.